The zero-order valence-electron chi connectivity index (χ0n) is 12.2. The van der Waals surface area contributed by atoms with Gasteiger partial charge < -0.3 is 10.2 Å². The third-order valence-corrected chi connectivity index (χ3v) is 5.26. The Kier molecular flexibility index (Phi) is 6.50. The summed E-state index contributed by atoms with van der Waals surface area (Å²) in [6, 6.07) is 0.385. The van der Waals surface area contributed by atoms with Gasteiger partial charge in [-0.25, -0.2) is 4.98 Å². The van der Waals surface area contributed by atoms with E-state index in [9.17, 15) is 9.59 Å². The van der Waals surface area contributed by atoms with Crippen molar-refractivity contribution in [2.75, 3.05) is 23.9 Å². The Hall–Kier alpha value is -1.08. The maximum Gasteiger partial charge on any atom is 0.236 e. The Morgan fingerprint density at radius 2 is 2.14 bits per heavy atom. The van der Waals surface area contributed by atoms with Gasteiger partial charge in [-0.05, 0) is 12.8 Å². The minimum atomic E-state index is -0.108. The maximum absolute atomic E-state index is 12.1. The van der Waals surface area contributed by atoms with Crippen LogP contribution in [0.2, 0.25) is 0 Å². The van der Waals surface area contributed by atoms with Crippen LogP contribution in [0.1, 0.15) is 32.1 Å². The number of hydrogen-bond acceptors (Lipinski definition) is 5. The highest BCUT2D eigenvalue weighted by molar-refractivity contribution is 8.00. The van der Waals surface area contributed by atoms with Gasteiger partial charge in [0.15, 0.2) is 5.13 Å². The molecule has 116 valence electrons. The van der Waals surface area contributed by atoms with Crippen molar-refractivity contribution in [3.8, 4) is 0 Å². The molecular weight excluding hydrogens is 306 g/mol. The van der Waals surface area contributed by atoms with Crippen LogP contribution >= 0.6 is 23.1 Å². The Morgan fingerprint density at radius 3 is 2.81 bits per heavy atom. The molecule has 0 aliphatic heterocycles. The van der Waals surface area contributed by atoms with Gasteiger partial charge in [-0.2, -0.15) is 0 Å². The van der Waals surface area contributed by atoms with Crippen molar-refractivity contribution < 1.29 is 9.59 Å². The Labute approximate surface area is 133 Å². The first kappa shape index (κ1) is 16.3. The maximum atomic E-state index is 12.1. The van der Waals surface area contributed by atoms with E-state index >= 15 is 0 Å². The summed E-state index contributed by atoms with van der Waals surface area (Å²) in [5.74, 6) is 0.652. The van der Waals surface area contributed by atoms with Crippen LogP contribution in [-0.2, 0) is 9.59 Å². The number of nitrogens with zero attached hydrogens (tertiary/aromatic N) is 2. The first-order chi connectivity index (χ1) is 10.2. The fourth-order valence-corrected chi connectivity index (χ4v) is 3.73. The number of nitrogens with one attached hydrogen (secondary N) is 1. The van der Waals surface area contributed by atoms with Crippen molar-refractivity contribution in [2.45, 2.75) is 38.1 Å². The van der Waals surface area contributed by atoms with Gasteiger partial charge in [0.25, 0.3) is 0 Å². The zero-order valence-corrected chi connectivity index (χ0v) is 13.8. The predicted molar refractivity (Wildman–Crippen MR) is 87.7 cm³/mol. The molecule has 7 heteroatoms. The van der Waals surface area contributed by atoms with Gasteiger partial charge >= 0.3 is 0 Å². The summed E-state index contributed by atoms with van der Waals surface area (Å²) in [4.78, 5) is 29.6. The molecule has 2 rings (SSSR count). The fourth-order valence-electron chi connectivity index (χ4n) is 2.45. The summed E-state index contributed by atoms with van der Waals surface area (Å²) in [7, 11) is 1.88. The van der Waals surface area contributed by atoms with Gasteiger partial charge in [0.1, 0.15) is 0 Å². The second-order valence-electron chi connectivity index (χ2n) is 5.17. The van der Waals surface area contributed by atoms with E-state index in [1.54, 1.807) is 6.20 Å². The Bertz CT molecular complexity index is 459. The number of amides is 2. The molecule has 0 aromatic carbocycles. The first-order valence-electron chi connectivity index (χ1n) is 7.19. The predicted octanol–water partition coefficient (Wildman–Crippen LogP) is 2.61. The number of carbonyl (C=O) groups is 2. The van der Waals surface area contributed by atoms with Crippen LogP contribution in [0.15, 0.2) is 11.6 Å². The lowest BCUT2D eigenvalue weighted by molar-refractivity contribution is -0.129. The Balaban J connectivity index is 1.65. The zero-order chi connectivity index (χ0) is 15.1. The molecule has 0 radical (unpaired) electrons. The summed E-state index contributed by atoms with van der Waals surface area (Å²) in [6.07, 6.45) is 7.58. The van der Waals surface area contributed by atoms with Gasteiger partial charge in [0.2, 0.25) is 11.8 Å². The lowest BCUT2D eigenvalue weighted by Gasteiger charge is -2.31. The van der Waals surface area contributed by atoms with Gasteiger partial charge in [-0.1, -0.05) is 19.3 Å². The molecule has 5 nitrogen and oxygen atoms in total. The molecule has 1 N–H and O–H groups in total. The highest BCUT2D eigenvalue weighted by Crippen LogP contribution is 2.22. The molecular formula is C14H21N3O2S2. The van der Waals surface area contributed by atoms with Crippen molar-refractivity contribution in [1.29, 1.82) is 0 Å². The molecule has 0 unspecified atom stereocenters. The number of rotatable bonds is 6. The third kappa shape index (κ3) is 5.32. The standard InChI is InChI=1S/C14H21N3O2S2/c1-17(11-5-3-2-4-6-11)13(19)10-20-9-12(18)16-14-15-7-8-21-14/h7-8,11H,2-6,9-10H2,1H3,(H,15,16,18). The van der Waals surface area contributed by atoms with Crippen LogP contribution in [0, 0.1) is 0 Å². The van der Waals surface area contributed by atoms with E-state index in [2.05, 4.69) is 10.3 Å². The lowest BCUT2D eigenvalue weighted by Crippen LogP contribution is -2.39. The van der Waals surface area contributed by atoms with E-state index in [-0.39, 0.29) is 17.6 Å². The number of anilines is 1. The molecule has 21 heavy (non-hydrogen) atoms. The molecule has 0 bridgehead atoms. The summed E-state index contributed by atoms with van der Waals surface area (Å²) < 4.78 is 0. The van der Waals surface area contributed by atoms with Gasteiger partial charge in [-0.3, -0.25) is 9.59 Å². The number of thiazole rings is 1. The van der Waals surface area contributed by atoms with Crippen LogP contribution in [0.4, 0.5) is 5.13 Å². The second kappa shape index (κ2) is 8.38. The van der Waals surface area contributed by atoms with E-state index in [1.807, 2.05) is 17.3 Å². The average molecular weight is 327 g/mol. The topological polar surface area (TPSA) is 62.3 Å². The van der Waals surface area contributed by atoms with Crippen LogP contribution in [0.5, 0.6) is 0 Å². The van der Waals surface area contributed by atoms with Gasteiger partial charge in [-0.15, -0.1) is 23.1 Å². The van der Waals surface area contributed by atoms with Crippen LogP contribution in [-0.4, -0.2) is 46.3 Å². The molecule has 1 heterocycles. The van der Waals surface area contributed by atoms with E-state index < -0.39 is 0 Å². The molecule has 0 atom stereocenters. The number of aromatic nitrogens is 1. The smallest absolute Gasteiger partial charge is 0.236 e. The molecule has 1 aromatic rings. The molecule has 0 spiro atoms. The fraction of sp³-hybridized carbons (Fsp3) is 0.643. The van der Waals surface area contributed by atoms with E-state index in [0.29, 0.717) is 16.9 Å². The van der Waals surface area contributed by atoms with E-state index in [1.165, 1.54) is 42.4 Å². The largest absolute Gasteiger partial charge is 0.342 e. The van der Waals surface area contributed by atoms with Crippen LogP contribution < -0.4 is 5.32 Å². The highest BCUT2D eigenvalue weighted by Gasteiger charge is 2.21. The molecule has 1 aliphatic rings. The molecule has 2 amide bonds. The molecule has 0 saturated heterocycles. The number of hydrogen-bond donors (Lipinski definition) is 1. The van der Waals surface area contributed by atoms with Crippen molar-refractivity contribution >= 4 is 40.0 Å². The van der Waals surface area contributed by atoms with Crippen molar-refractivity contribution in [2.24, 2.45) is 0 Å². The first-order valence-corrected chi connectivity index (χ1v) is 9.23. The minimum absolute atomic E-state index is 0.108. The molecule has 1 fully saturated rings. The third-order valence-electron chi connectivity index (χ3n) is 3.65. The summed E-state index contributed by atoms with van der Waals surface area (Å²) in [5, 5.41) is 5.12. The van der Waals surface area contributed by atoms with Crippen LogP contribution in [0.25, 0.3) is 0 Å². The quantitative estimate of drug-likeness (QED) is 0.872. The second-order valence-corrected chi connectivity index (χ2v) is 7.05. The Morgan fingerprint density at radius 1 is 1.38 bits per heavy atom. The summed E-state index contributed by atoms with van der Waals surface area (Å²) in [5.41, 5.74) is 0. The normalized spacial score (nSPS) is 15.7. The highest BCUT2D eigenvalue weighted by atomic mass is 32.2. The monoisotopic (exact) mass is 327 g/mol. The van der Waals surface area contributed by atoms with Crippen molar-refractivity contribution in [3.63, 3.8) is 0 Å². The number of carbonyl (C=O) groups excluding carboxylic acids is 2. The van der Waals surface area contributed by atoms with E-state index in [0.717, 1.165) is 12.8 Å². The number of thioether (sulfide) groups is 1. The minimum Gasteiger partial charge on any atom is -0.342 e. The SMILES string of the molecule is CN(C(=O)CSCC(=O)Nc1nccs1)C1CCCCC1. The van der Waals surface area contributed by atoms with Crippen molar-refractivity contribution in [1.82, 2.24) is 9.88 Å². The van der Waals surface area contributed by atoms with Gasteiger partial charge in [0, 0.05) is 24.7 Å². The van der Waals surface area contributed by atoms with Crippen molar-refractivity contribution in [3.05, 3.63) is 11.6 Å². The lowest BCUT2D eigenvalue weighted by atomic mass is 9.94. The molecule has 1 saturated carbocycles. The molecule has 1 aliphatic carbocycles. The van der Waals surface area contributed by atoms with Gasteiger partial charge in [0.05, 0.1) is 11.5 Å². The van der Waals surface area contributed by atoms with Crippen LogP contribution in [0.3, 0.4) is 0 Å². The summed E-state index contributed by atoms with van der Waals surface area (Å²) in [6.45, 7) is 0. The van der Waals surface area contributed by atoms with E-state index in [4.69, 9.17) is 0 Å². The average Bonchev–Trinajstić information content (AvgIpc) is 3.00. The molecule has 1 aromatic heterocycles. The summed E-state index contributed by atoms with van der Waals surface area (Å²) >= 11 is 2.74.